The summed E-state index contributed by atoms with van der Waals surface area (Å²) in [6.45, 7) is 0. The van der Waals surface area contributed by atoms with Crippen molar-refractivity contribution in [3.05, 3.63) is 16.8 Å². The van der Waals surface area contributed by atoms with Gasteiger partial charge in [-0.05, 0) is 62.8 Å². The van der Waals surface area contributed by atoms with Gasteiger partial charge < -0.3 is 10.5 Å². The fourth-order valence-electron chi connectivity index (χ4n) is 4.28. The van der Waals surface area contributed by atoms with Crippen LogP contribution in [-0.4, -0.2) is 22.0 Å². The van der Waals surface area contributed by atoms with Crippen molar-refractivity contribution >= 4 is 27.5 Å². The lowest BCUT2D eigenvalue weighted by atomic mass is 9.83. The first-order valence-electron chi connectivity index (χ1n) is 9.43. The molecule has 25 heavy (non-hydrogen) atoms. The number of thiophene rings is 1. The Balaban J connectivity index is 1.69. The molecule has 0 saturated heterocycles. The maximum atomic E-state index is 11.3. The average Bonchev–Trinajstić information content (AvgIpc) is 3.01. The van der Waals surface area contributed by atoms with Crippen LogP contribution >= 0.6 is 11.3 Å². The molecule has 2 heterocycles. The van der Waals surface area contributed by atoms with Crippen molar-refractivity contribution in [3.8, 4) is 5.88 Å². The molecule has 2 aliphatic carbocycles. The highest BCUT2D eigenvalue weighted by atomic mass is 32.1. The van der Waals surface area contributed by atoms with Crippen LogP contribution < -0.4 is 10.5 Å². The summed E-state index contributed by atoms with van der Waals surface area (Å²) in [6.07, 6.45) is 12.5. The number of amides is 1. The molecule has 0 bridgehead atoms. The van der Waals surface area contributed by atoms with Gasteiger partial charge in [0.25, 0.3) is 0 Å². The van der Waals surface area contributed by atoms with Gasteiger partial charge in [0.15, 0.2) is 0 Å². The van der Waals surface area contributed by atoms with Crippen molar-refractivity contribution < 1.29 is 9.53 Å². The molecule has 0 aromatic carbocycles. The van der Waals surface area contributed by atoms with Crippen LogP contribution in [0.3, 0.4) is 0 Å². The Morgan fingerprint density at radius 2 is 2.04 bits per heavy atom. The first-order valence-corrected chi connectivity index (χ1v) is 10.2. The van der Waals surface area contributed by atoms with Crippen molar-refractivity contribution in [2.45, 2.75) is 76.2 Å². The van der Waals surface area contributed by atoms with Gasteiger partial charge in [-0.3, -0.25) is 4.79 Å². The van der Waals surface area contributed by atoms with Gasteiger partial charge in [0, 0.05) is 11.3 Å². The molecule has 0 unspecified atom stereocenters. The number of nitrogens with zero attached hydrogens (tertiary/aromatic N) is 2. The predicted molar refractivity (Wildman–Crippen MR) is 99.0 cm³/mol. The minimum absolute atomic E-state index is 0.221. The van der Waals surface area contributed by atoms with E-state index in [1.54, 1.807) is 17.7 Å². The molecule has 1 atom stereocenters. The normalized spacial score (nSPS) is 21.2. The summed E-state index contributed by atoms with van der Waals surface area (Å²) in [6, 6.07) is 0. The third-order valence-electron chi connectivity index (χ3n) is 5.50. The molecule has 0 radical (unpaired) electrons. The third-order valence-corrected chi connectivity index (χ3v) is 6.68. The smallest absolute Gasteiger partial charge is 0.225 e. The number of rotatable bonds is 5. The first kappa shape index (κ1) is 16.8. The summed E-state index contributed by atoms with van der Waals surface area (Å²) < 4.78 is 6.33. The lowest BCUT2D eigenvalue weighted by Crippen LogP contribution is -2.20. The Morgan fingerprint density at radius 1 is 1.20 bits per heavy atom. The Labute approximate surface area is 152 Å². The van der Waals surface area contributed by atoms with E-state index >= 15 is 0 Å². The van der Waals surface area contributed by atoms with E-state index in [-0.39, 0.29) is 12.0 Å². The van der Waals surface area contributed by atoms with Crippen LogP contribution in [-0.2, 0) is 11.2 Å². The summed E-state index contributed by atoms with van der Waals surface area (Å²) in [5.74, 6) is 0.895. The number of carbonyl (C=O) groups excluding carboxylic acids is 1. The quantitative estimate of drug-likeness (QED) is 0.872. The van der Waals surface area contributed by atoms with Gasteiger partial charge in [-0.15, -0.1) is 11.3 Å². The van der Waals surface area contributed by atoms with Crippen LogP contribution in [0.15, 0.2) is 6.33 Å². The number of hydrogen-bond acceptors (Lipinski definition) is 5. The van der Waals surface area contributed by atoms with Gasteiger partial charge >= 0.3 is 0 Å². The van der Waals surface area contributed by atoms with E-state index in [1.165, 1.54) is 29.7 Å². The maximum absolute atomic E-state index is 11.3. The average molecular weight is 359 g/mol. The second kappa shape index (κ2) is 7.28. The molecule has 4 rings (SSSR count). The highest BCUT2D eigenvalue weighted by Gasteiger charge is 2.29. The predicted octanol–water partition coefficient (Wildman–Crippen LogP) is 4.09. The number of ether oxygens (including phenoxy) is 1. The van der Waals surface area contributed by atoms with E-state index in [1.807, 2.05) is 0 Å². The fraction of sp³-hybridized carbons (Fsp3) is 0.632. The Kier molecular flexibility index (Phi) is 4.88. The van der Waals surface area contributed by atoms with E-state index < -0.39 is 0 Å². The number of primary amides is 1. The Morgan fingerprint density at radius 3 is 2.84 bits per heavy atom. The van der Waals surface area contributed by atoms with Crippen molar-refractivity contribution in [1.82, 2.24) is 9.97 Å². The minimum atomic E-state index is -0.221. The molecule has 1 saturated carbocycles. The Hall–Kier alpha value is -1.69. The first-order chi connectivity index (χ1) is 12.2. The summed E-state index contributed by atoms with van der Waals surface area (Å²) >= 11 is 1.77. The third kappa shape index (κ3) is 3.50. The molecule has 2 aromatic heterocycles. The van der Waals surface area contributed by atoms with E-state index in [0.717, 1.165) is 54.6 Å². The Bertz CT molecular complexity index is 767. The maximum Gasteiger partial charge on any atom is 0.225 e. The second-order valence-electron chi connectivity index (χ2n) is 7.27. The van der Waals surface area contributed by atoms with Gasteiger partial charge in [-0.25, -0.2) is 9.97 Å². The molecular formula is C19H25N3O2S. The second-order valence-corrected chi connectivity index (χ2v) is 8.35. The summed E-state index contributed by atoms with van der Waals surface area (Å²) in [5, 5.41) is 1.10. The van der Waals surface area contributed by atoms with Crippen molar-refractivity contribution in [2.75, 3.05) is 0 Å². The lowest BCUT2D eigenvalue weighted by molar-refractivity contribution is -0.118. The molecule has 0 spiro atoms. The molecule has 0 aliphatic heterocycles. The number of carbonyl (C=O) groups is 1. The van der Waals surface area contributed by atoms with E-state index in [4.69, 9.17) is 10.5 Å². The van der Waals surface area contributed by atoms with Crippen molar-refractivity contribution in [3.63, 3.8) is 0 Å². The molecule has 1 amide bonds. The van der Waals surface area contributed by atoms with Crippen LogP contribution in [0.25, 0.3) is 10.2 Å². The number of fused-ring (bicyclic) bond motifs is 3. The molecule has 5 nitrogen and oxygen atoms in total. The van der Waals surface area contributed by atoms with Gasteiger partial charge in [0.1, 0.15) is 17.3 Å². The summed E-state index contributed by atoms with van der Waals surface area (Å²) in [5.41, 5.74) is 6.72. The highest BCUT2D eigenvalue weighted by Crippen LogP contribution is 2.46. The largest absolute Gasteiger partial charge is 0.474 e. The monoisotopic (exact) mass is 359 g/mol. The van der Waals surface area contributed by atoms with Crippen molar-refractivity contribution in [1.29, 1.82) is 0 Å². The molecular weight excluding hydrogens is 334 g/mol. The zero-order chi connectivity index (χ0) is 17.2. The summed E-state index contributed by atoms with van der Waals surface area (Å²) in [7, 11) is 0. The molecule has 134 valence electrons. The minimum Gasteiger partial charge on any atom is -0.474 e. The molecule has 6 heteroatoms. The van der Waals surface area contributed by atoms with E-state index in [2.05, 4.69) is 9.97 Å². The van der Waals surface area contributed by atoms with Gasteiger partial charge in [-0.2, -0.15) is 0 Å². The van der Waals surface area contributed by atoms with Crippen LogP contribution in [0.4, 0.5) is 0 Å². The zero-order valence-corrected chi connectivity index (χ0v) is 15.3. The van der Waals surface area contributed by atoms with Crippen LogP contribution in [0.2, 0.25) is 0 Å². The number of hydrogen-bond donors (Lipinski definition) is 1. The van der Waals surface area contributed by atoms with Crippen LogP contribution in [0.1, 0.15) is 74.1 Å². The standard InChI is InChI=1S/C19H25N3O2S/c20-15(23)10-9-12-5-4-8-14-16(12)17-18(21-11-22-19(17)25-14)24-13-6-2-1-3-7-13/h11-13H,1-10H2,(H2,20,23)/t12-/m0/s1. The number of nitrogens with two attached hydrogens (primary N) is 1. The van der Waals surface area contributed by atoms with Crippen LogP contribution in [0, 0.1) is 0 Å². The van der Waals surface area contributed by atoms with Crippen molar-refractivity contribution in [2.24, 2.45) is 5.73 Å². The van der Waals surface area contributed by atoms with Gasteiger partial charge in [-0.1, -0.05) is 6.42 Å². The molecule has 2 N–H and O–H groups in total. The molecule has 1 fully saturated rings. The van der Waals surface area contributed by atoms with Gasteiger partial charge in [0.05, 0.1) is 5.39 Å². The van der Waals surface area contributed by atoms with Gasteiger partial charge in [0.2, 0.25) is 11.8 Å². The topological polar surface area (TPSA) is 78.1 Å². The SMILES string of the molecule is NC(=O)CC[C@@H]1CCCc2sc3ncnc(OC4CCCCC4)c3c21. The summed E-state index contributed by atoms with van der Waals surface area (Å²) in [4.78, 5) is 22.7. The molecule has 2 aliphatic rings. The number of aryl methyl sites for hydroxylation is 1. The molecule has 2 aromatic rings. The van der Waals surface area contributed by atoms with Crippen LogP contribution in [0.5, 0.6) is 5.88 Å². The fourth-order valence-corrected chi connectivity index (χ4v) is 5.54. The lowest BCUT2D eigenvalue weighted by Gasteiger charge is -2.25. The van der Waals surface area contributed by atoms with E-state index in [9.17, 15) is 4.79 Å². The number of aromatic nitrogens is 2. The highest BCUT2D eigenvalue weighted by molar-refractivity contribution is 7.18. The zero-order valence-electron chi connectivity index (χ0n) is 14.5. The van der Waals surface area contributed by atoms with E-state index in [0.29, 0.717) is 12.3 Å².